The predicted molar refractivity (Wildman–Crippen MR) is 86.5 cm³/mol. The van der Waals surface area contributed by atoms with Crippen LogP contribution in [0.15, 0.2) is 18.2 Å². The van der Waals surface area contributed by atoms with E-state index in [0.29, 0.717) is 12.0 Å². The second-order valence-corrected chi connectivity index (χ2v) is 5.50. The van der Waals surface area contributed by atoms with Gasteiger partial charge in [0.25, 0.3) is 5.91 Å². The third kappa shape index (κ3) is 4.97. The van der Waals surface area contributed by atoms with Crippen molar-refractivity contribution in [1.82, 2.24) is 5.32 Å². The number of esters is 2. The summed E-state index contributed by atoms with van der Waals surface area (Å²) >= 11 is 0. The van der Waals surface area contributed by atoms with Crippen molar-refractivity contribution < 1.29 is 29.0 Å². The summed E-state index contributed by atoms with van der Waals surface area (Å²) in [6, 6.07) is 3.84. The molecule has 2 atom stereocenters. The molecule has 1 aromatic carbocycles. The smallest absolute Gasteiger partial charge is 0.342 e. The lowest BCUT2D eigenvalue weighted by Crippen LogP contribution is -2.47. The summed E-state index contributed by atoms with van der Waals surface area (Å²) in [5.74, 6) is -2.30. The van der Waals surface area contributed by atoms with Crippen LogP contribution in [-0.2, 0) is 19.1 Å². The van der Waals surface area contributed by atoms with E-state index < -0.39 is 30.5 Å². The summed E-state index contributed by atoms with van der Waals surface area (Å²) in [6.07, 6.45) is 0.664. The standard InChI is InChI=1S/C17H23NO6/c1-5-10(2)14(17(22)23-4)18-13(19)9-24-16(21)12-8-6-7-11(3)15(12)20/h6-8,10,14,20H,5,9H2,1-4H3,(H,18,19)/t10-,14-/m0/s1. The van der Waals surface area contributed by atoms with E-state index in [1.165, 1.54) is 13.2 Å². The van der Waals surface area contributed by atoms with E-state index in [-0.39, 0.29) is 17.2 Å². The molecule has 0 aliphatic carbocycles. The van der Waals surface area contributed by atoms with E-state index in [4.69, 9.17) is 4.74 Å². The number of methoxy groups -OCH3 is 1. The van der Waals surface area contributed by atoms with Gasteiger partial charge in [0, 0.05) is 0 Å². The number of phenolic OH excluding ortho intramolecular Hbond substituents is 1. The molecule has 1 rings (SSSR count). The average molecular weight is 337 g/mol. The van der Waals surface area contributed by atoms with Crippen molar-refractivity contribution >= 4 is 17.8 Å². The Labute approximate surface area is 141 Å². The van der Waals surface area contributed by atoms with Crippen molar-refractivity contribution in [3.63, 3.8) is 0 Å². The maximum atomic E-state index is 11.9. The zero-order valence-corrected chi connectivity index (χ0v) is 14.3. The van der Waals surface area contributed by atoms with Gasteiger partial charge in [-0.2, -0.15) is 0 Å². The number of nitrogens with one attached hydrogen (secondary N) is 1. The normalized spacial score (nSPS) is 12.8. The van der Waals surface area contributed by atoms with E-state index in [0.717, 1.165) is 0 Å². The summed E-state index contributed by atoms with van der Waals surface area (Å²) in [4.78, 5) is 35.6. The summed E-state index contributed by atoms with van der Waals surface area (Å²) in [5, 5.41) is 12.3. The van der Waals surface area contributed by atoms with Gasteiger partial charge >= 0.3 is 11.9 Å². The molecular formula is C17H23NO6. The third-order valence-electron chi connectivity index (χ3n) is 3.78. The Morgan fingerprint density at radius 1 is 1.29 bits per heavy atom. The third-order valence-corrected chi connectivity index (χ3v) is 3.78. The topological polar surface area (TPSA) is 102 Å². The van der Waals surface area contributed by atoms with Gasteiger partial charge in [-0.3, -0.25) is 4.79 Å². The van der Waals surface area contributed by atoms with Gasteiger partial charge in [0.15, 0.2) is 6.61 Å². The van der Waals surface area contributed by atoms with Crippen LogP contribution in [-0.4, -0.2) is 42.7 Å². The van der Waals surface area contributed by atoms with E-state index in [2.05, 4.69) is 10.1 Å². The lowest BCUT2D eigenvalue weighted by atomic mass is 9.99. The fourth-order valence-electron chi connectivity index (χ4n) is 2.04. The highest BCUT2D eigenvalue weighted by Gasteiger charge is 2.27. The Kier molecular flexibility index (Phi) is 7.23. The number of phenols is 1. The second kappa shape index (κ2) is 8.90. The van der Waals surface area contributed by atoms with Gasteiger partial charge in [-0.05, 0) is 24.5 Å². The number of para-hydroxylation sites is 1. The van der Waals surface area contributed by atoms with Gasteiger partial charge in [0.1, 0.15) is 17.4 Å². The van der Waals surface area contributed by atoms with E-state index in [1.54, 1.807) is 26.0 Å². The Hall–Kier alpha value is -2.57. The van der Waals surface area contributed by atoms with Crippen LogP contribution in [0.5, 0.6) is 5.75 Å². The molecule has 0 aliphatic heterocycles. The van der Waals surface area contributed by atoms with Crippen LogP contribution >= 0.6 is 0 Å². The lowest BCUT2D eigenvalue weighted by Gasteiger charge is -2.21. The molecule has 0 aliphatic rings. The minimum absolute atomic E-state index is 0.0192. The molecular weight excluding hydrogens is 314 g/mol. The van der Waals surface area contributed by atoms with Gasteiger partial charge < -0.3 is 19.9 Å². The highest BCUT2D eigenvalue weighted by Crippen LogP contribution is 2.22. The molecule has 7 nitrogen and oxygen atoms in total. The van der Waals surface area contributed by atoms with Gasteiger partial charge in [0.2, 0.25) is 0 Å². The van der Waals surface area contributed by atoms with E-state index in [1.807, 2.05) is 6.92 Å². The van der Waals surface area contributed by atoms with Crippen molar-refractivity contribution in [1.29, 1.82) is 0 Å². The molecule has 0 spiro atoms. The second-order valence-electron chi connectivity index (χ2n) is 5.50. The van der Waals surface area contributed by atoms with E-state index in [9.17, 15) is 19.5 Å². The molecule has 0 heterocycles. The van der Waals surface area contributed by atoms with Crippen LogP contribution in [0, 0.1) is 12.8 Å². The number of aryl methyl sites for hydroxylation is 1. The first-order valence-corrected chi connectivity index (χ1v) is 7.64. The maximum Gasteiger partial charge on any atom is 0.342 e. The zero-order chi connectivity index (χ0) is 18.3. The number of aromatic hydroxyl groups is 1. The van der Waals surface area contributed by atoms with E-state index >= 15 is 0 Å². The molecule has 0 fully saturated rings. The molecule has 0 radical (unpaired) electrons. The molecule has 24 heavy (non-hydrogen) atoms. The number of hydrogen-bond donors (Lipinski definition) is 2. The number of carbonyl (C=O) groups excluding carboxylic acids is 3. The molecule has 2 N–H and O–H groups in total. The fraction of sp³-hybridized carbons (Fsp3) is 0.471. The number of rotatable bonds is 7. The maximum absolute atomic E-state index is 11.9. The molecule has 0 aromatic heterocycles. The first-order valence-electron chi connectivity index (χ1n) is 7.64. The van der Waals surface area contributed by atoms with Crippen LogP contribution in [0.3, 0.4) is 0 Å². The van der Waals surface area contributed by atoms with Gasteiger partial charge in [-0.1, -0.05) is 32.4 Å². The summed E-state index contributed by atoms with van der Waals surface area (Å²) in [6.45, 7) is 4.77. The molecule has 0 saturated heterocycles. The Morgan fingerprint density at radius 3 is 2.54 bits per heavy atom. The van der Waals surface area contributed by atoms with Crippen LogP contribution in [0.25, 0.3) is 0 Å². The summed E-state index contributed by atoms with van der Waals surface area (Å²) in [7, 11) is 1.24. The summed E-state index contributed by atoms with van der Waals surface area (Å²) in [5.41, 5.74) is 0.505. The lowest BCUT2D eigenvalue weighted by molar-refractivity contribution is -0.147. The minimum Gasteiger partial charge on any atom is -0.507 e. The highest BCUT2D eigenvalue weighted by atomic mass is 16.5. The molecule has 1 aromatic rings. The molecule has 0 unspecified atom stereocenters. The number of amides is 1. The Balaban J connectivity index is 2.66. The van der Waals surface area contributed by atoms with Gasteiger partial charge in [0.05, 0.1) is 7.11 Å². The largest absolute Gasteiger partial charge is 0.507 e. The highest BCUT2D eigenvalue weighted by molar-refractivity contribution is 5.94. The van der Waals surface area contributed by atoms with Crippen LogP contribution in [0.4, 0.5) is 0 Å². The number of hydrogen-bond acceptors (Lipinski definition) is 6. The summed E-state index contributed by atoms with van der Waals surface area (Å²) < 4.78 is 9.56. The van der Waals surface area contributed by atoms with Crippen molar-refractivity contribution in [2.45, 2.75) is 33.2 Å². The van der Waals surface area contributed by atoms with Gasteiger partial charge in [-0.15, -0.1) is 0 Å². The van der Waals surface area contributed by atoms with Crippen molar-refractivity contribution in [3.8, 4) is 5.75 Å². The molecule has 0 bridgehead atoms. The predicted octanol–water partition coefficient (Wildman–Crippen LogP) is 1.56. The van der Waals surface area contributed by atoms with Crippen molar-refractivity contribution in [3.05, 3.63) is 29.3 Å². The first-order chi connectivity index (χ1) is 11.3. The fourth-order valence-corrected chi connectivity index (χ4v) is 2.04. The molecule has 132 valence electrons. The first kappa shape index (κ1) is 19.5. The molecule has 1 amide bonds. The van der Waals surface area contributed by atoms with Crippen LogP contribution < -0.4 is 5.32 Å². The van der Waals surface area contributed by atoms with Gasteiger partial charge in [-0.25, -0.2) is 9.59 Å². The monoisotopic (exact) mass is 337 g/mol. The van der Waals surface area contributed by atoms with Crippen LogP contribution in [0.2, 0.25) is 0 Å². The Bertz CT molecular complexity index is 613. The number of benzene rings is 1. The van der Waals surface area contributed by atoms with Crippen molar-refractivity contribution in [2.24, 2.45) is 5.92 Å². The number of ether oxygens (including phenoxy) is 2. The molecule has 0 saturated carbocycles. The van der Waals surface area contributed by atoms with Crippen LogP contribution in [0.1, 0.15) is 36.2 Å². The SMILES string of the molecule is CC[C@H](C)[C@H](NC(=O)COC(=O)c1cccc(C)c1O)C(=O)OC. The van der Waals surface area contributed by atoms with Crippen molar-refractivity contribution in [2.75, 3.05) is 13.7 Å². The molecule has 7 heteroatoms. The Morgan fingerprint density at radius 2 is 1.96 bits per heavy atom. The zero-order valence-electron chi connectivity index (χ0n) is 14.3. The minimum atomic E-state index is -0.815. The average Bonchev–Trinajstić information content (AvgIpc) is 2.58. The number of carbonyl (C=O) groups is 3. The quantitative estimate of drug-likeness (QED) is 0.732.